The Bertz CT molecular complexity index is 639. The molecule has 0 bridgehead atoms. The van der Waals surface area contributed by atoms with Crippen molar-refractivity contribution in [3.63, 3.8) is 0 Å². The van der Waals surface area contributed by atoms with Crippen molar-refractivity contribution in [2.24, 2.45) is 5.92 Å². The van der Waals surface area contributed by atoms with Crippen molar-refractivity contribution in [2.45, 2.75) is 32.6 Å². The van der Waals surface area contributed by atoms with Crippen LogP contribution in [0.1, 0.15) is 25.0 Å². The van der Waals surface area contributed by atoms with Crippen LogP contribution in [0, 0.1) is 19.8 Å². The van der Waals surface area contributed by atoms with Gasteiger partial charge in [-0.25, -0.2) is 13.1 Å². The molecular formula is C15H24N2O4S. The Hall–Kier alpha value is -1.60. The van der Waals surface area contributed by atoms with E-state index >= 15 is 0 Å². The highest BCUT2D eigenvalue weighted by molar-refractivity contribution is 7.89. The molecule has 6 nitrogen and oxygen atoms in total. The van der Waals surface area contributed by atoms with Crippen molar-refractivity contribution in [3.05, 3.63) is 23.3 Å². The largest absolute Gasteiger partial charge is 0.495 e. The number of carbonyl (C=O) groups is 1. The molecule has 2 N–H and O–H groups in total. The smallest absolute Gasteiger partial charge is 0.244 e. The Kier molecular flexibility index (Phi) is 6.37. The van der Waals surface area contributed by atoms with Crippen LogP contribution in [0.4, 0.5) is 0 Å². The van der Waals surface area contributed by atoms with Gasteiger partial charge in [0.15, 0.2) is 0 Å². The number of carbonyl (C=O) groups excluding carboxylic acids is 1. The van der Waals surface area contributed by atoms with E-state index < -0.39 is 10.0 Å². The summed E-state index contributed by atoms with van der Waals surface area (Å²) in [6.07, 6.45) is 0. The minimum atomic E-state index is -3.69. The summed E-state index contributed by atoms with van der Waals surface area (Å²) in [5, 5.41) is 2.66. The van der Waals surface area contributed by atoms with Crippen LogP contribution in [0.2, 0.25) is 0 Å². The fourth-order valence-electron chi connectivity index (χ4n) is 1.79. The lowest BCUT2D eigenvalue weighted by Crippen LogP contribution is -2.36. The topological polar surface area (TPSA) is 84.5 Å². The molecule has 0 fully saturated rings. The molecule has 1 aromatic carbocycles. The minimum Gasteiger partial charge on any atom is -0.495 e. The number of nitrogens with one attached hydrogen (secondary N) is 2. The van der Waals surface area contributed by atoms with Crippen LogP contribution in [-0.2, 0) is 14.8 Å². The molecule has 1 rings (SSSR count). The lowest BCUT2D eigenvalue weighted by Gasteiger charge is -2.13. The second kappa shape index (κ2) is 7.60. The van der Waals surface area contributed by atoms with Crippen molar-refractivity contribution in [2.75, 3.05) is 20.2 Å². The number of amides is 1. The molecule has 7 heteroatoms. The predicted molar refractivity (Wildman–Crippen MR) is 85.5 cm³/mol. The summed E-state index contributed by atoms with van der Waals surface area (Å²) in [4.78, 5) is 11.5. The fourth-order valence-corrected chi connectivity index (χ4v) is 3.05. The van der Waals surface area contributed by atoms with Crippen LogP contribution in [-0.4, -0.2) is 34.5 Å². The van der Waals surface area contributed by atoms with Crippen molar-refractivity contribution >= 4 is 15.9 Å². The number of benzene rings is 1. The van der Waals surface area contributed by atoms with E-state index in [-0.39, 0.29) is 29.8 Å². The molecule has 22 heavy (non-hydrogen) atoms. The molecule has 0 spiro atoms. The average Bonchev–Trinajstić information content (AvgIpc) is 2.45. The maximum absolute atomic E-state index is 12.4. The molecule has 0 aromatic heterocycles. The number of aryl methyl sites for hydroxylation is 2. The first kappa shape index (κ1) is 18.4. The molecule has 124 valence electrons. The Balaban J connectivity index is 2.79. The zero-order valence-electron chi connectivity index (χ0n) is 13.7. The van der Waals surface area contributed by atoms with Crippen LogP contribution >= 0.6 is 0 Å². The second-order valence-electron chi connectivity index (χ2n) is 5.43. The van der Waals surface area contributed by atoms with E-state index in [2.05, 4.69) is 10.0 Å². The number of sulfonamides is 1. The number of ether oxygens (including phenoxy) is 1. The van der Waals surface area contributed by atoms with Gasteiger partial charge in [-0.15, -0.1) is 0 Å². The van der Waals surface area contributed by atoms with Crippen molar-refractivity contribution in [1.29, 1.82) is 0 Å². The normalized spacial score (nSPS) is 11.5. The average molecular weight is 328 g/mol. The number of methoxy groups -OCH3 is 1. The van der Waals surface area contributed by atoms with Crippen LogP contribution in [0.5, 0.6) is 5.75 Å². The Morgan fingerprint density at radius 1 is 1.18 bits per heavy atom. The van der Waals surface area contributed by atoms with E-state index in [1.54, 1.807) is 26.0 Å². The summed E-state index contributed by atoms with van der Waals surface area (Å²) in [7, 11) is -2.25. The van der Waals surface area contributed by atoms with Crippen LogP contribution in [0.3, 0.4) is 0 Å². The first-order chi connectivity index (χ1) is 10.2. The highest BCUT2D eigenvalue weighted by Crippen LogP contribution is 2.26. The van der Waals surface area contributed by atoms with Gasteiger partial charge in [0.2, 0.25) is 15.9 Å². The Labute approximate surface area is 132 Å². The summed E-state index contributed by atoms with van der Waals surface area (Å²) in [6, 6.07) is 3.29. The van der Waals surface area contributed by atoms with Gasteiger partial charge >= 0.3 is 0 Å². The van der Waals surface area contributed by atoms with Gasteiger partial charge in [0.1, 0.15) is 10.6 Å². The van der Waals surface area contributed by atoms with Gasteiger partial charge in [-0.05, 0) is 37.1 Å². The van der Waals surface area contributed by atoms with Crippen LogP contribution in [0.25, 0.3) is 0 Å². The monoisotopic (exact) mass is 328 g/mol. The zero-order valence-corrected chi connectivity index (χ0v) is 14.5. The van der Waals surface area contributed by atoms with E-state index in [1.165, 1.54) is 7.11 Å². The van der Waals surface area contributed by atoms with Gasteiger partial charge in [0, 0.05) is 19.0 Å². The maximum atomic E-state index is 12.4. The molecule has 1 aromatic rings. The SMILES string of the molecule is COc1cc(C)c(C)cc1S(=O)(=O)NCCNC(=O)C(C)C. The van der Waals surface area contributed by atoms with E-state index in [0.29, 0.717) is 5.75 Å². The van der Waals surface area contributed by atoms with Crippen molar-refractivity contribution < 1.29 is 17.9 Å². The summed E-state index contributed by atoms with van der Waals surface area (Å²) in [5.41, 5.74) is 1.83. The van der Waals surface area contributed by atoms with Gasteiger partial charge in [-0.3, -0.25) is 4.79 Å². The van der Waals surface area contributed by atoms with Crippen molar-refractivity contribution in [3.8, 4) is 5.75 Å². The maximum Gasteiger partial charge on any atom is 0.244 e. The van der Waals surface area contributed by atoms with Gasteiger partial charge in [-0.2, -0.15) is 0 Å². The van der Waals surface area contributed by atoms with Gasteiger partial charge in [-0.1, -0.05) is 13.8 Å². The van der Waals surface area contributed by atoms with Gasteiger partial charge in [0.25, 0.3) is 0 Å². The van der Waals surface area contributed by atoms with E-state index in [4.69, 9.17) is 4.74 Å². The minimum absolute atomic E-state index is 0.105. The quantitative estimate of drug-likeness (QED) is 0.740. The molecule has 0 aliphatic heterocycles. The predicted octanol–water partition coefficient (Wildman–Crippen LogP) is 1.36. The van der Waals surface area contributed by atoms with E-state index in [1.807, 2.05) is 13.8 Å². The van der Waals surface area contributed by atoms with Gasteiger partial charge < -0.3 is 10.1 Å². The zero-order chi connectivity index (χ0) is 16.9. The van der Waals surface area contributed by atoms with E-state index in [0.717, 1.165) is 11.1 Å². The summed E-state index contributed by atoms with van der Waals surface area (Å²) in [5.74, 6) is 0.0706. The standard InChI is InChI=1S/C15H24N2O4S/c1-10(2)15(18)16-6-7-17-22(19,20)14-9-12(4)11(3)8-13(14)21-5/h8-10,17H,6-7H2,1-5H3,(H,16,18). The summed E-state index contributed by atoms with van der Waals surface area (Å²) < 4.78 is 32.3. The lowest BCUT2D eigenvalue weighted by molar-refractivity contribution is -0.123. The van der Waals surface area contributed by atoms with E-state index in [9.17, 15) is 13.2 Å². The fraction of sp³-hybridized carbons (Fsp3) is 0.533. The first-order valence-electron chi connectivity index (χ1n) is 7.11. The number of hydrogen-bond acceptors (Lipinski definition) is 4. The highest BCUT2D eigenvalue weighted by atomic mass is 32.2. The van der Waals surface area contributed by atoms with Gasteiger partial charge in [0.05, 0.1) is 7.11 Å². The Morgan fingerprint density at radius 2 is 1.77 bits per heavy atom. The molecule has 0 saturated heterocycles. The first-order valence-corrected chi connectivity index (χ1v) is 8.60. The molecule has 0 aliphatic carbocycles. The molecule has 0 aliphatic rings. The third-order valence-corrected chi connectivity index (χ3v) is 4.79. The number of rotatable bonds is 7. The Morgan fingerprint density at radius 3 is 2.32 bits per heavy atom. The summed E-state index contributed by atoms with van der Waals surface area (Å²) in [6.45, 7) is 7.65. The lowest BCUT2D eigenvalue weighted by atomic mass is 10.1. The number of hydrogen-bond donors (Lipinski definition) is 2. The summed E-state index contributed by atoms with van der Waals surface area (Å²) >= 11 is 0. The molecular weight excluding hydrogens is 304 g/mol. The molecule has 1 amide bonds. The third-order valence-electron chi connectivity index (χ3n) is 3.31. The highest BCUT2D eigenvalue weighted by Gasteiger charge is 2.20. The molecule has 0 radical (unpaired) electrons. The van der Waals surface area contributed by atoms with Crippen molar-refractivity contribution in [1.82, 2.24) is 10.0 Å². The van der Waals surface area contributed by atoms with Crippen LogP contribution in [0.15, 0.2) is 17.0 Å². The molecule has 0 atom stereocenters. The molecule has 0 heterocycles. The molecule has 0 saturated carbocycles. The van der Waals surface area contributed by atoms with Crippen LogP contribution < -0.4 is 14.8 Å². The third kappa shape index (κ3) is 4.71. The molecule has 0 unspecified atom stereocenters. The second-order valence-corrected chi connectivity index (χ2v) is 7.17.